The number of aromatic nitrogens is 2. The molecule has 1 N–H and O–H groups in total. The predicted octanol–water partition coefficient (Wildman–Crippen LogP) is 1.73. The summed E-state index contributed by atoms with van der Waals surface area (Å²) in [5.41, 5.74) is 0.964. The number of urea groups is 1. The fraction of sp³-hybridized carbons (Fsp3) is 0.400. The van der Waals surface area contributed by atoms with E-state index < -0.39 is 0 Å². The van der Waals surface area contributed by atoms with E-state index in [1.807, 2.05) is 19.1 Å². The first-order chi connectivity index (χ1) is 10.7. The Labute approximate surface area is 129 Å². The highest BCUT2D eigenvalue weighted by molar-refractivity contribution is 5.88. The van der Waals surface area contributed by atoms with Crippen LogP contribution < -0.4 is 5.32 Å². The zero-order chi connectivity index (χ0) is 15.4. The number of nitrogens with one attached hydrogen (secondary N) is 1. The van der Waals surface area contributed by atoms with Crippen molar-refractivity contribution < 1.29 is 9.21 Å². The highest BCUT2D eigenvalue weighted by atomic mass is 16.3. The third-order valence-electron chi connectivity index (χ3n) is 3.78. The summed E-state index contributed by atoms with van der Waals surface area (Å²) in [5, 5.41) is 2.81. The Bertz CT molecular complexity index is 620. The van der Waals surface area contributed by atoms with Crippen molar-refractivity contribution in [3.05, 3.63) is 42.2 Å². The molecule has 1 saturated heterocycles. The summed E-state index contributed by atoms with van der Waals surface area (Å²) in [5.74, 6) is 1.43. The van der Waals surface area contributed by atoms with E-state index in [0.29, 0.717) is 18.9 Å². The standard InChI is InChI=1S/C15H19N5O2/c1-12-13(17-11-22-12)10-19-6-8-20(9-7-19)15(21)18-14-4-2-3-5-16-14/h2-5,11H,6-10H2,1H3,(H,16,18,21). The highest BCUT2D eigenvalue weighted by Gasteiger charge is 2.22. The van der Waals surface area contributed by atoms with Crippen molar-refractivity contribution in [2.45, 2.75) is 13.5 Å². The Morgan fingerprint density at radius 2 is 2.09 bits per heavy atom. The molecule has 0 bridgehead atoms. The van der Waals surface area contributed by atoms with Crippen LogP contribution in [-0.4, -0.2) is 52.0 Å². The molecule has 7 heteroatoms. The fourth-order valence-electron chi connectivity index (χ4n) is 2.43. The van der Waals surface area contributed by atoms with Gasteiger partial charge in [-0.25, -0.2) is 14.8 Å². The number of rotatable bonds is 3. The molecule has 2 aromatic heterocycles. The van der Waals surface area contributed by atoms with Gasteiger partial charge in [0.2, 0.25) is 0 Å². The summed E-state index contributed by atoms with van der Waals surface area (Å²) in [6, 6.07) is 5.35. The van der Waals surface area contributed by atoms with Crippen LogP contribution in [0, 0.1) is 6.92 Å². The maximum Gasteiger partial charge on any atom is 0.323 e. The summed E-state index contributed by atoms with van der Waals surface area (Å²) in [6.45, 7) is 5.70. The number of nitrogens with zero attached hydrogens (tertiary/aromatic N) is 4. The molecule has 1 fully saturated rings. The molecule has 1 aliphatic heterocycles. The minimum absolute atomic E-state index is 0.101. The van der Waals surface area contributed by atoms with Gasteiger partial charge in [0.1, 0.15) is 11.6 Å². The van der Waals surface area contributed by atoms with Crippen molar-refractivity contribution in [2.75, 3.05) is 31.5 Å². The maximum absolute atomic E-state index is 12.2. The van der Waals surface area contributed by atoms with Gasteiger partial charge in [0.15, 0.2) is 6.39 Å². The van der Waals surface area contributed by atoms with Crippen LogP contribution in [0.2, 0.25) is 0 Å². The number of aryl methyl sites for hydroxylation is 1. The second kappa shape index (κ2) is 6.57. The van der Waals surface area contributed by atoms with E-state index in [2.05, 4.69) is 20.2 Å². The van der Waals surface area contributed by atoms with Crippen LogP contribution in [0.25, 0.3) is 0 Å². The molecule has 3 rings (SSSR count). The van der Waals surface area contributed by atoms with E-state index in [9.17, 15) is 4.79 Å². The number of amides is 2. The largest absolute Gasteiger partial charge is 0.448 e. The maximum atomic E-state index is 12.2. The van der Waals surface area contributed by atoms with Crippen molar-refractivity contribution in [3.8, 4) is 0 Å². The molecule has 22 heavy (non-hydrogen) atoms. The molecule has 116 valence electrons. The fourth-order valence-corrected chi connectivity index (χ4v) is 2.43. The molecular formula is C15H19N5O2. The van der Waals surface area contributed by atoms with E-state index in [1.165, 1.54) is 6.39 Å². The van der Waals surface area contributed by atoms with Gasteiger partial charge in [0.25, 0.3) is 0 Å². The summed E-state index contributed by atoms with van der Waals surface area (Å²) < 4.78 is 5.21. The quantitative estimate of drug-likeness (QED) is 0.934. The van der Waals surface area contributed by atoms with Crippen LogP contribution in [0.15, 0.2) is 35.2 Å². The minimum Gasteiger partial charge on any atom is -0.448 e. The topological polar surface area (TPSA) is 74.5 Å². The van der Waals surface area contributed by atoms with Crippen molar-refractivity contribution >= 4 is 11.8 Å². The molecule has 0 saturated carbocycles. The lowest BCUT2D eigenvalue weighted by Gasteiger charge is -2.34. The Hall–Kier alpha value is -2.41. The molecule has 0 radical (unpaired) electrons. The Balaban J connectivity index is 1.49. The Morgan fingerprint density at radius 1 is 1.27 bits per heavy atom. The number of carbonyl (C=O) groups excluding carboxylic acids is 1. The van der Waals surface area contributed by atoms with Gasteiger partial charge < -0.3 is 9.32 Å². The van der Waals surface area contributed by atoms with Gasteiger partial charge in [-0.2, -0.15) is 0 Å². The molecule has 0 atom stereocenters. The van der Waals surface area contributed by atoms with Crippen molar-refractivity contribution in [2.24, 2.45) is 0 Å². The van der Waals surface area contributed by atoms with Gasteiger partial charge in [0.05, 0.1) is 5.69 Å². The molecular weight excluding hydrogens is 282 g/mol. The van der Waals surface area contributed by atoms with Crippen LogP contribution in [0.4, 0.5) is 10.6 Å². The average Bonchev–Trinajstić information content (AvgIpc) is 2.94. The van der Waals surface area contributed by atoms with Gasteiger partial charge in [0, 0.05) is 38.9 Å². The smallest absolute Gasteiger partial charge is 0.323 e. The predicted molar refractivity (Wildman–Crippen MR) is 81.3 cm³/mol. The highest BCUT2D eigenvalue weighted by Crippen LogP contribution is 2.11. The van der Waals surface area contributed by atoms with E-state index in [1.54, 1.807) is 17.2 Å². The van der Waals surface area contributed by atoms with Crippen molar-refractivity contribution in [3.63, 3.8) is 0 Å². The van der Waals surface area contributed by atoms with Crippen LogP contribution in [0.1, 0.15) is 11.5 Å². The van der Waals surface area contributed by atoms with Crippen LogP contribution >= 0.6 is 0 Å². The lowest BCUT2D eigenvalue weighted by atomic mass is 10.3. The molecule has 0 aliphatic carbocycles. The first-order valence-electron chi connectivity index (χ1n) is 7.30. The number of anilines is 1. The monoisotopic (exact) mass is 301 g/mol. The zero-order valence-electron chi connectivity index (χ0n) is 12.5. The Kier molecular flexibility index (Phi) is 4.34. The molecule has 0 spiro atoms. The lowest BCUT2D eigenvalue weighted by molar-refractivity contribution is 0.141. The normalized spacial score (nSPS) is 15.8. The van der Waals surface area contributed by atoms with Crippen LogP contribution in [0.5, 0.6) is 0 Å². The number of pyridine rings is 1. The van der Waals surface area contributed by atoms with E-state index in [4.69, 9.17) is 4.42 Å². The number of piperazine rings is 1. The molecule has 0 aromatic carbocycles. The van der Waals surface area contributed by atoms with E-state index in [-0.39, 0.29) is 6.03 Å². The molecule has 0 unspecified atom stereocenters. The van der Waals surface area contributed by atoms with E-state index in [0.717, 1.165) is 31.1 Å². The number of carbonyl (C=O) groups is 1. The molecule has 2 amide bonds. The molecule has 2 aromatic rings. The second-order valence-corrected chi connectivity index (χ2v) is 5.26. The first kappa shape index (κ1) is 14.5. The number of hydrogen-bond donors (Lipinski definition) is 1. The summed E-state index contributed by atoms with van der Waals surface area (Å²) in [6.07, 6.45) is 3.13. The second-order valence-electron chi connectivity index (χ2n) is 5.26. The number of hydrogen-bond acceptors (Lipinski definition) is 5. The minimum atomic E-state index is -0.101. The third-order valence-corrected chi connectivity index (χ3v) is 3.78. The molecule has 7 nitrogen and oxygen atoms in total. The van der Waals surface area contributed by atoms with Crippen molar-refractivity contribution in [1.82, 2.24) is 19.8 Å². The summed E-state index contributed by atoms with van der Waals surface area (Å²) >= 11 is 0. The molecule has 1 aliphatic rings. The van der Waals surface area contributed by atoms with Gasteiger partial charge >= 0.3 is 6.03 Å². The average molecular weight is 301 g/mol. The lowest BCUT2D eigenvalue weighted by Crippen LogP contribution is -2.49. The van der Waals surface area contributed by atoms with Gasteiger partial charge in [-0.3, -0.25) is 10.2 Å². The summed E-state index contributed by atoms with van der Waals surface area (Å²) in [4.78, 5) is 24.6. The van der Waals surface area contributed by atoms with Gasteiger partial charge in [-0.15, -0.1) is 0 Å². The van der Waals surface area contributed by atoms with Gasteiger partial charge in [-0.1, -0.05) is 6.07 Å². The SMILES string of the molecule is Cc1ocnc1CN1CCN(C(=O)Nc2ccccn2)CC1. The third kappa shape index (κ3) is 3.43. The zero-order valence-corrected chi connectivity index (χ0v) is 12.5. The summed E-state index contributed by atoms with van der Waals surface area (Å²) in [7, 11) is 0. The van der Waals surface area contributed by atoms with Crippen LogP contribution in [-0.2, 0) is 6.54 Å². The number of oxazole rings is 1. The van der Waals surface area contributed by atoms with Gasteiger partial charge in [-0.05, 0) is 19.1 Å². The van der Waals surface area contributed by atoms with E-state index >= 15 is 0 Å². The molecule has 3 heterocycles. The van der Waals surface area contributed by atoms with Crippen molar-refractivity contribution in [1.29, 1.82) is 0 Å². The van der Waals surface area contributed by atoms with Crippen LogP contribution in [0.3, 0.4) is 0 Å². The first-order valence-corrected chi connectivity index (χ1v) is 7.30. The Morgan fingerprint density at radius 3 is 2.73 bits per heavy atom.